The zero-order valence-corrected chi connectivity index (χ0v) is 17.0. The monoisotopic (exact) mass is 438 g/mol. The first-order valence-electron chi connectivity index (χ1n) is 8.02. The zero-order chi connectivity index (χ0) is 19.1. The SMILES string of the molecule is COc1ccc(NS(=O)(=O)c2cc(Br)cc3c2N(C(C)=O)C(C)C3)cc1. The van der Waals surface area contributed by atoms with Crippen LogP contribution in [0.25, 0.3) is 0 Å². The van der Waals surface area contributed by atoms with Gasteiger partial charge in [0, 0.05) is 23.1 Å². The smallest absolute Gasteiger partial charge is 0.264 e. The van der Waals surface area contributed by atoms with E-state index < -0.39 is 10.0 Å². The Morgan fingerprint density at radius 2 is 1.92 bits per heavy atom. The number of rotatable bonds is 4. The number of methoxy groups -OCH3 is 1. The molecule has 1 unspecified atom stereocenters. The molecule has 2 aromatic rings. The fourth-order valence-corrected chi connectivity index (χ4v) is 5.21. The molecule has 6 nitrogen and oxygen atoms in total. The Balaban J connectivity index is 2.06. The maximum atomic E-state index is 13.0. The predicted molar refractivity (Wildman–Crippen MR) is 104 cm³/mol. The van der Waals surface area contributed by atoms with Gasteiger partial charge in [-0.2, -0.15) is 0 Å². The van der Waals surface area contributed by atoms with Gasteiger partial charge in [-0.25, -0.2) is 8.42 Å². The van der Waals surface area contributed by atoms with E-state index in [0.29, 0.717) is 28.0 Å². The minimum absolute atomic E-state index is 0.0808. The summed E-state index contributed by atoms with van der Waals surface area (Å²) in [5.41, 5.74) is 1.70. The normalized spacial score (nSPS) is 16.3. The van der Waals surface area contributed by atoms with Crippen LogP contribution < -0.4 is 14.4 Å². The lowest BCUT2D eigenvalue weighted by molar-refractivity contribution is -0.116. The lowest BCUT2D eigenvalue weighted by atomic mass is 10.1. The summed E-state index contributed by atoms with van der Waals surface area (Å²) < 4.78 is 34.4. The van der Waals surface area contributed by atoms with Crippen LogP contribution in [0.3, 0.4) is 0 Å². The molecule has 1 heterocycles. The summed E-state index contributed by atoms with van der Waals surface area (Å²) in [6, 6.07) is 9.90. The highest BCUT2D eigenvalue weighted by molar-refractivity contribution is 9.10. The molecular formula is C18H19BrN2O4S. The molecule has 2 aromatic carbocycles. The quantitative estimate of drug-likeness (QED) is 0.791. The van der Waals surface area contributed by atoms with E-state index in [1.165, 1.54) is 13.0 Å². The van der Waals surface area contributed by atoms with Crippen molar-refractivity contribution >= 4 is 43.2 Å². The molecule has 0 saturated carbocycles. The van der Waals surface area contributed by atoms with Crippen LogP contribution in [0.4, 0.5) is 11.4 Å². The maximum Gasteiger partial charge on any atom is 0.264 e. The van der Waals surface area contributed by atoms with E-state index in [1.807, 2.05) is 13.0 Å². The first-order chi connectivity index (χ1) is 12.2. The molecule has 1 N–H and O–H groups in total. The summed E-state index contributed by atoms with van der Waals surface area (Å²) in [6.45, 7) is 3.35. The Hall–Kier alpha value is -2.06. The Labute approximate surface area is 161 Å². The summed E-state index contributed by atoms with van der Waals surface area (Å²) in [5.74, 6) is 0.451. The van der Waals surface area contributed by atoms with Gasteiger partial charge in [0.1, 0.15) is 10.6 Å². The average Bonchev–Trinajstić information content (AvgIpc) is 2.90. The minimum Gasteiger partial charge on any atom is -0.497 e. The topological polar surface area (TPSA) is 75.7 Å². The summed E-state index contributed by atoms with van der Waals surface area (Å²) in [6.07, 6.45) is 0.611. The summed E-state index contributed by atoms with van der Waals surface area (Å²) in [4.78, 5) is 13.7. The van der Waals surface area contributed by atoms with Gasteiger partial charge in [0.05, 0.1) is 12.8 Å². The number of hydrogen-bond donors (Lipinski definition) is 1. The number of amides is 1. The van der Waals surface area contributed by atoms with Crippen LogP contribution in [-0.2, 0) is 21.2 Å². The van der Waals surface area contributed by atoms with Gasteiger partial charge >= 0.3 is 0 Å². The van der Waals surface area contributed by atoms with E-state index in [4.69, 9.17) is 4.74 Å². The molecule has 138 valence electrons. The zero-order valence-electron chi connectivity index (χ0n) is 14.6. The third-order valence-electron chi connectivity index (χ3n) is 4.29. The first kappa shape index (κ1) is 18.7. The van der Waals surface area contributed by atoms with Gasteiger partial charge < -0.3 is 9.64 Å². The Morgan fingerprint density at radius 3 is 2.50 bits per heavy atom. The van der Waals surface area contributed by atoms with Crippen molar-refractivity contribution in [2.75, 3.05) is 16.7 Å². The Morgan fingerprint density at radius 1 is 1.27 bits per heavy atom. The van der Waals surface area contributed by atoms with Crippen molar-refractivity contribution in [3.63, 3.8) is 0 Å². The number of anilines is 2. The maximum absolute atomic E-state index is 13.0. The second kappa shape index (κ2) is 6.92. The highest BCUT2D eigenvalue weighted by atomic mass is 79.9. The van der Waals surface area contributed by atoms with Crippen LogP contribution in [0.2, 0.25) is 0 Å². The van der Waals surface area contributed by atoms with E-state index in [1.54, 1.807) is 36.3 Å². The van der Waals surface area contributed by atoms with Crippen molar-refractivity contribution < 1.29 is 17.9 Å². The fraction of sp³-hybridized carbons (Fsp3) is 0.278. The molecule has 1 aliphatic heterocycles. The third-order valence-corrected chi connectivity index (χ3v) is 6.14. The number of nitrogens with zero attached hydrogens (tertiary/aromatic N) is 1. The highest BCUT2D eigenvalue weighted by Gasteiger charge is 2.35. The van der Waals surface area contributed by atoms with Crippen molar-refractivity contribution in [2.24, 2.45) is 0 Å². The second-order valence-corrected chi connectivity index (χ2v) is 8.75. The third kappa shape index (κ3) is 3.43. The van der Waals surface area contributed by atoms with Crippen molar-refractivity contribution in [1.29, 1.82) is 0 Å². The van der Waals surface area contributed by atoms with Gasteiger partial charge in [-0.3, -0.25) is 9.52 Å². The van der Waals surface area contributed by atoms with Crippen LogP contribution in [0, 0.1) is 0 Å². The van der Waals surface area contributed by atoms with Gasteiger partial charge in [0.25, 0.3) is 10.0 Å². The van der Waals surface area contributed by atoms with Crippen LogP contribution in [0.15, 0.2) is 45.8 Å². The van der Waals surface area contributed by atoms with Crippen molar-refractivity contribution in [2.45, 2.75) is 31.2 Å². The molecule has 0 aromatic heterocycles. The largest absolute Gasteiger partial charge is 0.497 e. The summed E-state index contributed by atoms with van der Waals surface area (Å²) in [5, 5.41) is 0. The molecule has 0 saturated heterocycles. The van der Waals surface area contributed by atoms with Crippen molar-refractivity contribution in [3.05, 3.63) is 46.4 Å². The molecular weight excluding hydrogens is 420 g/mol. The van der Waals surface area contributed by atoms with E-state index in [-0.39, 0.29) is 16.8 Å². The molecule has 1 amide bonds. The lowest BCUT2D eigenvalue weighted by Crippen LogP contribution is -2.34. The number of halogens is 1. The highest BCUT2D eigenvalue weighted by Crippen LogP contribution is 2.40. The number of fused-ring (bicyclic) bond motifs is 1. The van der Waals surface area contributed by atoms with Gasteiger partial charge in [-0.1, -0.05) is 15.9 Å². The molecule has 8 heteroatoms. The van der Waals surface area contributed by atoms with E-state index in [2.05, 4.69) is 20.7 Å². The fourth-order valence-electron chi connectivity index (χ4n) is 3.23. The average molecular weight is 439 g/mol. The standard InChI is InChI=1S/C18H19BrN2O4S/c1-11-8-13-9-14(19)10-17(18(13)21(11)12(2)22)26(23,24)20-15-4-6-16(25-3)7-5-15/h4-7,9-11,20H,8H2,1-3H3. The van der Waals surface area contributed by atoms with Gasteiger partial charge in [-0.15, -0.1) is 0 Å². The number of sulfonamides is 1. The summed E-state index contributed by atoms with van der Waals surface area (Å²) in [7, 11) is -2.34. The first-order valence-corrected chi connectivity index (χ1v) is 10.3. The predicted octanol–water partition coefficient (Wildman–Crippen LogP) is 3.56. The molecule has 0 aliphatic carbocycles. The van der Waals surface area contributed by atoms with Crippen LogP contribution >= 0.6 is 15.9 Å². The molecule has 26 heavy (non-hydrogen) atoms. The van der Waals surface area contributed by atoms with Crippen LogP contribution in [0.5, 0.6) is 5.75 Å². The summed E-state index contributed by atoms with van der Waals surface area (Å²) >= 11 is 3.38. The Bertz CT molecular complexity index is 958. The molecule has 1 atom stereocenters. The van der Waals surface area contributed by atoms with Gasteiger partial charge in [0.15, 0.2) is 0 Å². The number of nitrogens with one attached hydrogen (secondary N) is 1. The molecule has 0 radical (unpaired) electrons. The van der Waals surface area contributed by atoms with Gasteiger partial charge in [0.2, 0.25) is 5.91 Å². The lowest BCUT2D eigenvalue weighted by Gasteiger charge is -2.23. The number of ether oxygens (including phenoxy) is 1. The Kier molecular flexibility index (Phi) is 4.98. The van der Waals surface area contributed by atoms with Crippen molar-refractivity contribution in [1.82, 2.24) is 0 Å². The van der Waals surface area contributed by atoms with E-state index in [9.17, 15) is 13.2 Å². The van der Waals surface area contributed by atoms with Gasteiger partial charge in [-0.05, 0) is 55.3 Å². The molecule has 0 spiro atoms. The minimum atomic E-state index is -3.89. The number of hydrogen-bond acceptors (Lipinski definition) is 4. The number of benzene rings is 2. The molecule has 0 bridgehead atoms. The van der Waals surface area contributed by atoms with Crippen molar-refractivity contribution in [3.8, 4) is 5.75 Å². The van der Waals surface area contributed by atoms with E-state index in [0.717, 1.165) is 5.56 Å². The number of carbonyl (C=O) groups is 1. The second-order valence-electron chi connectivity index (χ2n) is 6.19. The molecule has 0 fully saturated rings. The van der Waals surface area contributed by atoms with Crippen LogP contribution in [0.1, 0.15) is 19.4 Å². The number of carbonyl (C=O) groups excluding carboxylic acids is 1. The molecule has 1 aliphatic rings. The van der Waals surface area contributed by atoms with Crippen LogP contribution in [-0.4, -0.2) is 27.5 Å². The van der Waals surface area contributed by atoms with E-state index >= 15 is 0 Å². The molecule has 3 rings (SSSR count).